The van der Waals surface area contributed by atoms with Gasteiger partial charge in [0.1, 0.15) is 0 Å². The second-order valence-corrected chi connectivity index (χ2v) is 4.68. The summed E-state index contributed by atoms with van der Waals surface area (Å²) in [6.45, 7) is 4.29. The second-order valence-electron chi connectivity index (χ2n) is 4.68. The fourth-order valence-electron chi connectivity index (χ4n) is 1.66. The second kappa shape index (κ2) is 14.9. The molecule has 0 aliphatic carbocycles. The van der Waals surface area contributed by atoms with Crippen molar-refractivity contribution in [3.8, 4) is 11.8 Å². The standard InChI is InChI=1S/C16H26O5/c1-3-5-7-8-9-10-11-12-14-19-21-16(18)20-15(17)13-6-4-2/h3-5,7-12,14H2,1-2H3. The molecule has 0 atom stereocenters. The summed E-state index contributed by atoms with van der Waals surface area (Å²) in [5.74, 6) is 3.69. The number of hydrogen-bond acceptors (Lipinski definition) is 5. The summed E-state index contributed by atoms with van der Waals surface area (Å²) < 4.78 is 4.24. The first-order chi connectivity index (χ1) is 10.2. The highest BCUT2D eigenvalue weighted by Gasteiger charge is 2.10. The van der Waals surface area contributed by atoms with Gasteiger partial charge in [-0.25, -0.2) is 9.59 Å². The van der Waals surface area contributed by atoms with Crippen molar-refractivity contribution < 1.29 is 24.1 Å². The fourth-order valence-corrected chi connectivity index (χ4v) is 1.66. The van der Waals surface area contributed by atoms with Crippen molar-refractivity contribution >= 4 is 12.1 Å². The van der Waals surface area contributed by atoms with Crippen LogP contribution in [0.3, 0.4) is 0 Å². The highest BCUT2D eigenvalue weighted by Crippen LogP contribution is 2.08. The maximum absolute atomic E-state index is 11.0. The summed E-state index contributed by atoms with van der Waals surface area (Å²) in [6, 6.07) is 0. The van der Waals surface area contributed by atoms with Gasteiger partial charge in [0.2, 0.25) is 0 Å². The van der Waals surface area contributed by atoms with Crippen LogP contribution < -0.4 is 0 Å². The van der Waals surface area contributed by atoms with Crippen LogP contribution in [0.1, 0.15) is 71.6 Å². The summed E-state index contributed by atoms with van der Waals surface area (Å²) in [4.78, 5) is 30.9. The number of rotatable bonds is 10. The molecule has 0 spiro atoms. The van der Waals surface area contributed by atoms with Gasteiger partial charge >= 0.3 is 12.1 Å². The van der Waals surface area contributed by atoms with Gasteiger partial charge in [-0.3, -0.25) is 4.89 Å². The van der Waals surface area contributed by atoms with E-state index in [1.807, 2.05) is 0 Å². The Kier molecular flexibility index (Phi) is 13.8. The average Bonchev–Trinajstić information content (AvgIpc) is 2.47. The molecule has 0 aromatic rings. The summed E-state index contributed by atoms with van der Waals surface area (Å²) in [5.41, 5.74) is 0. The van der Waals surface area contributed by atoms with Crippen molar-refractivity contribution in [3.63, 3.8) is 0 Å². The van der Waals surface area contributed by atoms with Gasteiger partial charge in [-0.15, -0.1) is 0 Å². The molecule has 5 heteroatoms. The quantitative estimate of drug-likeness (QED) is 0.115. The molecule has 0 saturated heterocycles. The van der Waals surface area contributed by atoms with Gasteiger partial charge in [0.25, 0.3) is 0 Å². The third-order valence-corrected chi connectivity index (χ3v) is 2.75. The molecule has 0 fully saturated rings. The van der Waals surface area contributed by atoms with Crippen LogP contribution in [0.5, 0.6) is 0 Å². The van der Waals surface area contributed by atoms with Gasteiger partial charge in [-0.05, 0) is 6.42 Å². The molecular formula is C16H26O5. The fraction of sp³-hybridized carbons (Fsp3) is 0.750. The van der Waals surface area contributed by atoms with E-state index in [2.05, 4.69) is 33.3 Å². The molecule has 0 bridgehead atoms. The van der Waals surface area contributed by atoms with Crippen molar-refractivity contribution in [2.24, 2.45) is 0 Å². The average molecular weight is 298 g/mol. The number of carbonyl (C=O) groups excluding carboxylic acids is 2. The zero-order valence-corrected chi connectivity index (χ0v) is 13.1. The van der Waals surface area contributed by atoms with E-state index >= 15 is 0 Å². The Bertz CT molecular complexity index is 340. The first kappa shape index (κ1) is 19.5. The van der Waals surface area contributed by atoms with Gasteiger partial charge in [-0.1, -0.05) is 64.7 Å². The lowest BCUT2D eigenvalue weighted by molar-refractivity contribution is -0.253. The zero-order valence-electron chi connectivity index (χ0n) is 13.1. The Labute approximate surface area is 127 Å². The first-order valence-corrected chi connectivity index (χ1v) is 7.74. The van der Waals surface area contributed by atoms with Crippen molar-refractivity contribution in [1.29, 1.82) is 0 Å². The third-order valence-electron chi connectivity index (χ3n) is 2.75. The molecule has 0 N–H and O–H groups in total. The van der Waals surface area contributed by atoms with E-state index in [4.69, 9.17) is 0 Å². The van der Waals surface area contributed by atoms with E-state index in [9.17, 15) is 9.59 Å². The topological polar surface area (TPSA) is 61.8 Å². The minimum Gasteiger partial charge on any atom is -0.348 e. The van der Waals surface area contributed by atoms with Crippen LogP contribution in [0.4, 0.5) is 4.79 Å². The normalized spacial score (nSPS) is 9.62. The lowest BCUT2D eigenvalue weighted by Crippen LogP contribution is -2.13. The Morgan fingerprint density at radius 2 is 1.52 bits per heavy atom. The van der Waals surface area contributed by atoms with E-state index < -0.39 is 12.1 Å². The van der Waals surface area contributed by atoms with Crippen LogP contribution in [-0.2, 0) is 19.3 Å². The van der Waals surface area contributed by atoms with E-state index in [1.54, 1.807) is 6.92 Å². The van der Waals surface area contributed by atoms with Crippen molar-refractivity contribution in [3.05, 3.63) is 0 Å². The van der Waals surface area contributed by atoms with Gasteiger partial charge in [0.15, 0.2) is 0 Å². The summed E-state index contributed by atoms with van der Waals surface area (Å²) in [7, 11) is 0. The molecule has 0 aliphatic heterocycles. The Morgan fingerprint density at radius 1 is 0.905 bits per heavy atom. The maximum Gasteiger partial charge on any atom is 0.549 e. The van der Waals surface area contributed by atoms with Crippen LogP contribution in [0, 0.1) is 11.8 Å². The van der Waals surface area contributed by atoms with E-state index in [-0.39, 0.29) is 0 Å². The Morgan fingerprint density at radius 3 is 2.14 bits per heavy atom. The van der Waals surface area contributed by atoms with Crippen LogP contribution in [0.15, 0.2) is 0 Å². The van der Waals surface area contributed by atoms with Crippen LogP contribution in [0.2, 0.25) is 0 Å². The molecule has 0 unspecified atom stereocenters. The number of ether oxygens (including phenoxy) is 1. The predicted octanol–water partition coefficient (Wildman–Crippen LogP) is 4.15. The molecule has 0 radical (unpaired) electrons. The zero-order chi connectivity index (χ0) is 15.8. The largest absolute Gasteiger partial charge is 0.549 e. The van der Waals surface area contributed by atoms with E-state index in [1.165, 1.54) is 32.1 Å². The van der Waals surface area contributed by atoms with Crippen molar-refractivity contribution in [1.82, 2.24) is 0 Å². The van der Waals surface area contributed by atoms with Crippen LogP contribution in [0.25, 0.3) is 0 Å². The SMILES string of the molecule is CCC#CC(=O)OC(=O)OOCCCCCCCCCC. The predicted molar refractivity (Wildman–Crippen MR) is 79.2 cm³/mol. The third kappa shape index (κ3) is 14.7. The van der Waals surface area contributed by atoms with Crippen molar-refractivity contribution in [2.45, 2.75) is 71.6 Å². The van der Waals surface area contributed by atoms with Gasteiger partial charge in [0.05, 0.1) is 6.61 Å². The smallest absolute Gasteiger partial charge is 0.348 e. The van der Waals surface area contributed by atoms with Gasteiger partial charge in [0, 0.05) is 12.3 Å². The number of hydrogen-bond donors (Lipinski definition) is 0. The van der Waals surface area contributed by atoms with Gasteiger partial charge in [-0.2, -0.15) is 4.89 Å². The molecule has 0 saturated carbocycles. The monoisotopic (exact) mass is 298 g/mol. The summed E-state index contributed by atoms with van der Waals surface area (Å²) in [6.07, 6.45) is 8.71. The van der Waals surface area contributed by atoms with Gasteiger partial charge < -0.3 is 4.74 Å². The minimum absolute atomic E-state index is 0.304. The molecular weight excluding hydrogens is 272 g/mol. The molecule has 120 valence electrons. The maximum atomic E-state index is 11.0. The highest BCUT2D eigenvalue weighted by molar-refractivity contribution is 5.94. The van der Waals surface area contributed by atoms with Crippen LogP contribution >= 0.6 is 0 Å². The number of carbonyl (C=O) groups is 2. The highest BCUT2D eigenvalue weighted by atomic mass is 17.2. The lowest BCUT2D eigenvalue weighted by Gasteiger charge is -2.03. The molecule has 0 aromatic carbocycles. The summed E-state index contributed by atoms with van der Waals surface area (Å²) >= 11 is 0. The van der Waals surface area contributed by atoms with Crippen molar-refractivity contribution in [2.75, 3.05) is 6.61 Å². The van der Waals surface area contributed by atoms with E-state index in [0.717, 1.165) is 19.3 Å². The lowest BCUT2D eigenvalue weighted by atomic mass is 10.1. The number of esters is 1. The number of unbranched alkanes of at least 4 members (excludes halogenated alkanes) is 7. The molecule has 0 aromatic heterocycles. The molecule has 0 amide bonds. The Hall–Kier alpha value is -1.54. The van der Waals surface area contributed by atoms with Crippen LogP contribution in [-0.4, -0.2) is 18.7 Å². The summed E-state index contributed by atoms with van der Waals surface area (Å²) in [5, 5.41) is 0. The Balaban J connectivity index is 3.34. The molecule has 0 rings (SSSR count). The molecule has 0 aliphatic rings. The molecule has 21 heavy (non-hydrogen) atoms. The minimum atomic E-state index is -1.18. The molecule has 0 heterocycles. The van der Waals surface area contributed by atoms with E-state index in [0.29, 0.717) is 13.0 Å². The molecule has 5 nitrogen and oxygen atoms in total. The first-order valence-electron chi connectivity index (χ1n) is 7.74.